The molecule has 1 aromatic carbocycles. The van der Waals surface area contributed by atoms with E-state index in [2.05, 4.69) is 43.8 Å². The Balaban J connectivity index is 2.02. The van der Waals surface area contributed by atoms with Crippen LogP contribution in [0.4, 0.5) is 0 Å². The van der Waals surface area contributed by atoms with E-state index in [1.165, 1.54) is 0 Å². The van der Waals surface area contributed by atoms with Crippen LogP contribution in [0.1, 0.15) is 29.6 Å². The summed E-state index contributed by atoms with van der Waals surface area (Å²) in [5.41, 5.74) is 0.728. The highest BCUT2D eigenvalue weighted by atomic mass is 127. The predicted octanol–water partition coefficient (Wildman–Crippen LogP) is 3.35. The molecule has 3 nitrogen and oxygen atoms in total. The molecule has 2 rings (SSSR count). The summed E-state index contributed by atoms with van der Waals surface area (Å²) in [7, 11) is 1.73. The minimum Gasteiger partial charge on any atom is -0.381 e. The third-order valence-corrected chi connectivity index (χ3v) is 4.66. The largest absolute Gasteiger partial charge is 0.381 e. The lowest BCUT2D eigenvalue weighted by Crippen LogP contribution is -2.33. The minimum absolute atomic E-state index is 0.00227. The first kappa shape index (κ1) is 14.3. The smallest absolute Gasteiger partial charge is 0.252 e. The average Bonchev–Trinajstić information content (AvgIpc) is 2.80. The summed E-state index contributed by atoms with van der Waals surface area (Å²) in [6, 6.07) is 5.97. The van der Waals surface area contributed by atoms with Crippen LogP contribution in [0.15, 0.2) is 22.7 Å². The molecule has 0 saturated heterocycles. The third kappa shape index (κ3) is 3.45. The number of carbonyl (C=O) groups excluding carboxylic acids is 1. The lowest BCUT2D eigenvalue weighted by molar-refractivity contribution is 0.0914. The first-order valence-corrected chi connectivity index (χ1v) is 7.76. The Morgan fingerprint density at radius 1 is 1.50 bits per heavy atom. The van der Waals surface area contributed by atoms with E-state index in [1.54, 1.807) is 7.11 Å². The van der Waals surface area contributed by atoms with Gasteiger partial charge in [0.1, 0.15) is 0 Å². The van der Waals surface area contributed by atoms with Crippen LogP contribution in [-0.2, 0) is 4.74 Å². The van der Waals surface area contributed by atoms with Gasteiger partial charge in [-0.15, -0.1) is 0 Å². The van der Waals surface area contributed by atoms with E-state index < -0.39 is 0 Å². The van der Waals surface area contributed by atoms with Gasteiger partial charge in [0.25, 0.3) is 5.91 Å². The molecule has 1 aromatic rings. The van der Waals surface area contributed by atoms with Crippen LogP contribution in [-0.4, -0.2) is 25.2 Å². The normalized spacial score (nSPS) is 23.1. The lowest BCUT2D eigenvalue weighted by atomic mass is 10.2. The first-order valence-electron chi connectivity index (χ1n) is 5.89. The maximum absolute atomic E-state index is 12.2. The number of hydrogen-bond acceptors (Lipinski definition) is 2. The molecule has 1 N–H and O–H groups in total. The van der Waals surface area contributed by atoms with Crippen LogP contribution in [0, 0.1) is 3.57 Å². The molecule has 0 aliphatic heterocycles. The zero-order valence-corrected chi connectivity index (χ0v) is 13.8. The monoisotopic (exact) mass is 423 g/mol. The number of nitrogens with one attached hydrogen (secondary N) is 1. The Hall–Kier alpha value is -0.140. The maximum atomic E-state index is 12.2. The van der Waals surface area contributed by atoms with Gasteiger partial charge in [-0.3, -0.25) is 4.79 Å². The van der Waals surface area contributed by atoms with Crippen molar-refractivity contribution in [1.82, 2.24) is 5.32 Å². The van der Waals surface area contributed by atoms with Crippen molar-refractivity contribution in [2.45, 2.75) is 31.4 Å². The first-order chi connectivity index (χ1) is 8.60. The summed E-state index contributed by atoms with van der Waals surface area (Å²) in [5, 5.41) is 3.08. The number of hydrogen-bond donors (Lipinski definition) is 1. The van der Waals surface area contributed by atoms with Gasteiger partial charge in [0.15, 0.2) is 0 Å². The van der Waals surface area contributed by atoms with Gasteiger partial charge in [-0.25, -0.2) is 0 Å². The zero-order valence-electron chi connectivity index (χ0n) is 10.1. The molecule has 18 heavy (non-hydrogen) atoms. The third-order valence-electron chi connectivity index (χ3n) is 3.23. The second-order valence-electron chi connectivity index (χ2n) is 4.47. The van der Waals surface area contributed by atoms with E-state index in [-0.39, 0.29) is 18.1 Å². The molecule has 1 saturated carbocycles. The van der Waals surface area contributed by atoms with Gasteiger partial charge in [-0.1, -0.05) is 15.9 Å². The highest BCUT2D eigenvalue weighted by molar-refractivity contribution is 14.1. The summed E-state index contributed by atoms with van der Waals surface area (Å²) >= 11 is 5.58. The van der Waals surface area contributed by atoms with E-state index in [4.69, 9.17) is 4.74 Å². The van der Waals surface area contributed by atoms with E-state index in [0.717, 1.165) is 32.9 Å². The number of halogens is 2. The molecule has 1 fully saturated rings. The fraction of sp³-hybridized carbons (Fsp3) is 0.462. The van der Waals surface area contributed by atoms with Crippen LogP contribution in [0.25, 0.3) is 0 Å². The SMILES string of the molecule is COC1CCC(NC(=O)c2cc(Br)ccc2I)C1. The van der Waals surface area contributed by atoms with Crippen molar-refractivity contribution in [3.05, 3.63) is 31.8 Å². The minimum atomic E-state index is 0.00227. The van der Waals surface area contributed by atoms with Gasteiger partial charge in [-0.05, 0) is 60.1 Å². The van der Waals surface area contributed by atoms with Crippen molar-refractivity contribution >= 4 is 44.4 Å². The molecule has 2 unspecified atom stereocenters. The second-order valence-corrected chi connectivity index (χ2v) is 6.54. The molecule has 1 amide bonds. The molecule has 0 radical (unpaired) electrons. The zero-order chi connectivity index (χ0) is 13.1. The highest BCUT2D eigenvalue weighted by Gasteiger charge is 2.26. The van der Waals surface area contributed by atoms with Crippen LogP contribution in [0.5, 0.6) is 0 Å². The number of amides is 1. The van der Waals surface area contributed by atoms with Gasteiger partial charge >= 0.3 is 0 Å². The molecule has 0 bridgehead atoms. The number of rotatable bonds is 3. The summed E-state index contributed by atoms with van der Waals surface area (Å²) in [4.78, 5) is 12.2. The van der Waals surface area contributed by atoms with Crippen LogP contribution in [0.3, 0.4) is 0 Å². The molecule has 0 spiro atoms. The van der Waals surface area contributed by atoms with Crippen molar-refractivity contribution in [2.24, 2.45) is 0 Å². The van der Waals surface area contributed by atoms with Crippen molar-refractivity contribution in [3.63, 3.8) is 0 Å². The molecular weight excluding hydrogens is 409 g/mol. The number of ether oxygens (including phenoxy) is 1. The fourth-order valence-electron chi connectivity index (χ4n) is 2.22. The Bertz CT molecular complexity index is 453. The standard InChI is InChI=1S/C13H15BrINO2/c1-18-10-4-3-9(7-10)16-13(17)11-6-8(14)2-5-12(11)15/h2,5-6,9-10H,3-4,7H2,1H3,(H,16,17). The molecule has 0 aromatic heterocycles. The Morgan fingerprint density at radius 2 is 2.28 bits per heavy atom. The molecular formula is C13H15BrINO2. The predicted molar refractivity (Wildman–Crippen MR) is 82.8 cm³/mol. The summed E-state index contributed by atoms with van der Waals surface area (Å²) in [5.74, 6) is 0.00227. The topological polar surface area (TPSA) is 38.3 Å². The molecule has 98 valence electrons. The van der Waals surface area contributed by atoms with Gasteiger partial charge in [0.2, 0.25) is 0 Å². The number of carbonyl (C=O) groups is 1. The average molecular weight is 424 g/mol. The summed E-state index contributed by atoms with van der Waals surface area (Å²) in [6.07, 6.45) is 3.22. The van der Waals surface area contributed by atoms with Crippen molar-refractivity contribution in [1.29, 1.82) is 0 Å². The van der Waals surface area contributed by atoms with E-state index in [9.17, 15) is 4.79 Å². The lowest BCUT2D eigenvalue weighted by Gasteiger charge is -2.14. The molecule has 1 aliphatic carbocycles. The number of methoxy groups -OCH3 is 1. The quantitative estimate of drug-likeness (QED) is 0.757. The van der Waals surface area contributed by atoms with Gasteiger partial charge in [0, 0.05) is 21.2 Å². The Kier molecular flexibility index (Phi) is 5.03. The van der Waals surface area contributed by atoms with Crippen LogP contribution < -0.4 is 5.32 Å². The number of benzene rings is 1. The van der Waals surface area contributed by atoms with E-state index in [0.29, 0.717) is 0 Å². The molecule has 5 heteroatoms. The molecule has 2 atom stereocenters. The van der Waals surface area contributed by atoms with Gasteiger partial charge < -0.3 is 10.1 Å². The summed E-state index contributed by atoms with van der Waals surface area (Å²) in [6.45, 7) is 0. The van der Waals surface area contributed by atoms with Crippen LogP contribution in [0.2, 0.25) is 0 Å². The Labute approximate surface area is 129 Å². The molecule has 0 heterocycles. The molecule has 1 aliphatic rings. The maximum Gasteiger partial charge on any atom is 0.252 e. The van der Waals surface area contributed by atoms with E-state index in [1.807, 2.05) is 18.2 Å². The highest BCUT2D eigenvalue weighted by Crippen LogP contribution is 2.23. The van der Waals surface area contributed by atoms with Crippen LogP contribution >= 0.6 is 38.5 Å². The van der Waals surface area contributed by atoms with Gasteiger partial charge in [0.05, 0.1) is 11.7 Å². The van der Waals surface area contributed by atoms with Crippen molar-refractivity contribution in [3.8, 4) is 0 Å². The van der Waals surface area contributed by atoms with E-state index >= 15 is 0 Å². The van der Waals surface area contributed by atoms with Crippen molar-refractivity contribution in [2.75, 3.05) is 7.11 Å². The Morgan fingerprint density at radius 3 is 2.94 bits per heavy atom. The fourth-order valence-corrected chi connectivity index (χ4v) is 3.16. The van der Waals surface area contributed by atoms with Gasteiger partial charge in [-0.2, -0.15) is 0 Å². The summed E-state index contributed by atoms with van der Waals surface area (Å²) < 4.78 is 7.20. The second kappa shape index (κ2) is 6.34. The van der Waals surface area contributed by atoms with Crippen molar-refractivity contribution < 1.29 is 9.53 Å².